The van der Waals surface area contributed by atoms with Crippen LogP contribution in [0.25, 0.3) is 0 Å². The lowest BCUT2D eigenvalue weighted by Crippen LogP contribution is -2.06. The van der Waals surface area contributed by atoms with Crippen molar-refractivity contribution in [3.8, 4) is 6.07 Å². The maximum Gasteiger partial charge on any atom is 0.0625 e. The molecule has 0 aliphatic carbocycles. The fraction of sp³-hybridized carbons (Fsp3) is 0.556. The Morgan fingerprint density at radius 1 is 1.67 bits per heavy atom. The average molecular weight is 163 g/mol. The molecule has 0 aliphatic heterocycles. The lowest BCUT2D eigenvalue weighted by Gasteiger charge is -2.09. The Balaban J connectivity index is 2.72. The number of hydrogen-bond donors (Lipinski definition) is 0. The van der Waals surface area contributed by atoms with Crippen molar-refractivity contribution < 1.29 is 0 Å². The van der Waals surface area contributed by atoms with Crippen LogP contribution in [0.3, 0.4) is 0 Å². The molecule has 12 heavy (non-hydrogen) atoms. The average Bonchev–Trinajstić information content (AvgIpc) is 2.48. The molecule has 0 aromatic carbocycles. The number of aromatic nitrogens is 2. The van der Waals surface area contributed by atoms with Crippen molar-refractivity contribution in [3.63, 3.8) is 0 Å². The molecule has 64 valence electrons. The number of hydrogen-bond acceptors (Lipinski definition) is 2. The fourth-order valence-electron chi connectivity index (χ4n) is 1.19. The summed E-state index contributed by atoms with van der Waals surface area (Å²) in [5.74, 6) is 0. The van der Waals surface area contributed by atoms with E-state index in [1.54, 1.807) is 6.20 Å². The second kappa shape index (κ2) is 3.91. The summed E-state index contributed by atoms with van der Waals surface area (Å²) in [6.07, 6.45) is 3.15. The van der Waals surface area contributed by atoms with E-state index >= 15 is 0 Å². The summed E-state index contributed by atoms with van der Waals surface area (Å²) in [7, 11) is 0. The summed E-state index contributed by atoms with van der Waals surface area (Å²) < 4.78 is 1.96. The monoisotopic (exact) mass is 163 g/mol. The van der Waals surface area contributed by atoms with Crippen LogP contribution in [-0.2, 0) is 6.42 Å². The molecule has 0 saturated carbocycles. The molecule has 0 N–H and O–H groups in total. The van der Waals surface area contributed by atoms with Gasteiger partial charge >= 0.3 is 0 Å². The first-order valence-corrected chi connectivity index (χ1v) is 4.15. The highest BCUT2D eigenvalue weighted by Gasteiger charge is 2.04. The van der Waals surface area contributed by atoms with E-state index in [0.29, 0.717) is 12.5 Å². The first-order chi connectivity index (χ1) is 5.75. The fourth-order valence-corrected chi connectivity index (χ4v) is 1.19. The van der Waals surface area contributed by atoms with Crippen molar-refractivity contribution in [2.24, 2.45) is 0 Å². The van der Waals surface area contributed by atoms with Gasteiger partial charge in [-0.2, -0.15) is 10.4 Å². The molecular weight excluding hydrogens is 150 g/mol. The lowest BCUT2D eigenvalue weighted by atomic mass is 10.2. The van der Waals surface area contributed by atoms with Crippen molar-refractivity contribution in [2.45, 2.75) is 32.7 Å². The van der Waals surface area contributed by atoms with E-state index in [1.165, 1.54) is 0 Å². The Morgan fingerprint density at radius 2 is 2.42 bits per heavy atom. The third-order valence-corrected chi connectivity index (χ3v) is 1.73. The summed E-state index contributed by atoms with van der Waals surface area (Å²) in [5, 5.41) is 12.6. The maximum atomic E-state index is 8.41. The van der Waals surface area contributed by atoms with Crippen LogP contribution in [0.5, 0.6) is 0 Å². The number of rotatable bonds is 3. The highest BCUT2D eigenvalue weighted by molar-refractivity contribution is 5.03. The second-order valence-electron chi connectivity index (χ2n) is 3.02. The molecule has 0 unspecified atom stereocenters. The predicted molar refractivity (Wildman–Crippen MR) is 46.5 cm³/mol. The second-order valence-corrected chi connectivity index (χ2v) is 3.02. The van der Waals surface area contributed by atoms with Crippen LogP contribution >= 0.6 is 0 Å². The van der Waals surface area contributed by atoms with Crippen LogP contribution in [-0.4, -0.2) is 9.78 Å². The summed E-state index contributed by atoms with van der Waals surface area (Å²) in [5.41, 5.74) is 1.14. The molecular formula is C9H13N3. The van der Waals surface area contributed by atoms with E-state index < -0.39 is 0 Å². The molecule has 3 nitrogen and oxygen atoms in total. The van der Waals surface area contributed by atoms with Crippen LogP contribution in [0.2, 0.25) is 0 Å². The highest BCUT2D eigenvalue weighted by atomic mass is 15.3. The van der Waals surface area contributed by atoms with E-state index in [1.807, 2.05) is 10.7 Å². The topological polar surface area (TPSA) is 41.6 Å². The zero-order valence-corrected chi connectivity index (χ0v) is 7.49. The van der Waals surface area contributed by atoms with Gasteiger partial charge in [0.15, 0.2) is 0 Å². The van der Waals surface area contributed by atoms with Gasteiger partial charge in [-0.3, -0.25) is 4.68 Å². The SMILES string of the molecule is CC(C)n1nccc1CCC#N. The Hall–Kier alpha value is -1.30. The van der Waals surface area contributed by atoms with Gasteiger partial charge in [-0.1, -0.05) is 0 Å². The number of aryl methyl sites for hydroxylation is 1. The molecule has 1 rings (SSSR count). The van der Waals surface area contributed by atoms with Crippen molar-refractivity contribution in [2.75, 3.05) is 0 Å². The van der Waals surface area contributed by atoms with Crippen molar-refractivity contribution >= 4 is 0 Å². The van der Waals surface area contributed by atoms with Gasteiger partial charge in [-0.25, -0.2) is 0 Å². The van der Waals surface area contributed by atoms with Crippen LogP contribution in [0.1, 0.15) is 32.0 Å². The zero-order chi connectivity index (χ0) is 8.97. The van der Waals surface area contributed by atoms with E-state index in [4.69, 9.17) is 5.26 Å². The van der Waals surface area contributed by atoms with Crippen LogP contribution < -0.4 is 0 Å². The van der Waals surface area contributed by atoms with Gasteiger partial charge in [0.05, 0.1) is 6.07 Å². The Morgan fingerprint density at radius 3 is 3.00 bits per heavy atom. The predicted octanol–water partition coefficient (Wildman–Crippen LogP) is 1.92. The molecule has 0 saturated heterocycles. The molecule has 0 bridgehead atoms. The minimum absolute atomic E-state index is 0.383. The highest BCUT2D eigenvalue weighted by Crippen LogP contribution is 2.09. The van der Waals surface area contributed by atoms with Crippen molar-refractivity contribution in [1.29, 1.82) is 5.26 Å². The normalized spacial score (nSPS) is 10.2. The van der Waals surface area contributed by atoms with Gasteiger partial charge in [0.1, 0.15) is 0 Å². The summed E-state index contributed by atoms with van der Waals surface area (Å²) in [4.78, 5) is 0. The van der Waals surface area contributed by atoms with Gasteiger partial charge in [0, 0.05) is 30.8 Å². The summed E-state index contributed by atoms with van der Waals surface area (Å²) in [6, 6.07) is 4.48. The summed E-state index contributed by atoms with van der Waals surface area (Å²) >= 11 is 0. The molecule has 3 heteroatoms. The number of nitriles is 1. The third kappa shape index (κ3) is 1.85. The molecule has 0 spiro atoms. The molecule has 0 fully saturated rings. The molecule has 1 aromatic rings. The largest absolute Gasteiger partial charge is 0.267 e. The molecule has 0 aliphatic rings. The van der Waals surface area contributed by atoms with Gasteiger partial charge in [-0.15, -0.1) is 0 Å². The van der Waals surface area contributed by atoms with Gasteiger partial charge in [-0.05, 0) is 19.9 Å². The molecule has 0 radical (unpaired) electrons. The maximum absolute atomic E-state index is 8.41. The minimum atomic E-state index is 0.383. The first-order valence-electron chi connectivity index (χ1n) is 4.15. The summed E-state index contributed by atoms with van der Waals surface area (Å²) in [6.45, 7) is 4.17. The van der Waals surface area contributed by atoms with Crippen molar-refractivity contribution in [3.05, 3.63) is 18.0 Å². The molecule has 1 heterocycles. The third-order valence-electron chi connectivity index (χ3n) is 1.73. The molecule has 0 atom stereocenters. The van der Waals surface area contributed by atoms with Crippen LogP contribution in [0.4, 0.5) is 0 Å². The van der Waals surface area contributed by atoms with Crippen LogP contribution in [0, 0.1) is 11.3 Å². The number of nitrogens with zero attached hydrogens (tertiary/aromatic N) is 3. The van der Waals surface area contributed by atoms with Gasteiger partial charge < -0.3 is 0 Å². The minimum Gasteiger partial charge on any atom is -0.267 e. The molecule has 1 aromatic heterocycles. The standard InChI is InChI=1S/C9H13N3/c1-8(2)12-9(4-3-6-10)5-7-11-12/h5,7-8H,3-4H2,1-2H3. The van der Waals surface area contributed by atoms with E-state index in [0.717, 1.165) is 12.1 Å². The molecule has 0 amide bonds. The van der Waals surface area contributed by atoms with E-state index in [9.17, 15) is 0 Å². The smallest absolute Gasteiger partial charge is 0.0625 e. The Labute approximate surface area is 72.6 Å². The van der Waals surface area contributed by atoms with E-state index in [2.05, 4.69) is 25.0 Å². The zero-order valence-electron chi connectivity index (χ0n) is 7.49. The Bertz CT molecular complexity index is 280. The van der Waals surface area contributed by atoms with Gasteiger partial charge in [0.25, 0.3) is 0 Å². The van der Waals surface area contributed by atoms with E-state index in [-0.39, 0.29) is 0 Å². The Kier molecular flexibility index (Phi) is 2.87. The first kappa shape index (κ1) is 8.79. The van der Waals surface area contributed by atoms with Crippen LogP contribution in [0.15, 0.2) is 12.3 Å². The lowest BCUT2D eigenvalue weighted by molar-refractivity contribution is 0.509. The quantitative estimate of drug-likeness (QED) is 0.683. The van der Waals surface area contributed by atoms with Gasteiger partial charge in [0.2, 0.25) is 0 Å². The van der Waals surface area contributed by atoms with Crippen molar-refractivity contribution in [1.82, 2.24) is 9.78 Å².